The van der Waals surface area contributed by atoms with Gasteiger partial charge in [0.25, 0.3) is 0 Å². The first-order valence-corrected chi connectivity index (χ1v) is 7.39. The third-order valence-electron chi connectivity index (χ3n) is 2.89. The molecule has 6 heteroatoms. The highest BCUT2D eigenvalue weighted by Gasteiger charge is 2.08. The molecule has 0 aliphatic carbocycles. The van der Waals surface area contributed by atoms with Crippen molar-refractivity contribution in [2.45, 2.75) is 13.0 Å². The number of hydrogen-bond donors (Lipinski definition) is 1. The Balaban J connectivity index is 1.57. The average molecular weight is 306 g/mol. The zero-order valence-corrected chi connectivity index (χ0v) is 12.1. The summed E-state index contributed by atoms with van der Waals surface area (Å²) in [6.45, 7) is 0.498. The minimum Gasteiger partial charge on any atom is -0.352 e. The second-order valence-electron chi connectivity index (χ2n) is 4.41. The van der Waals surface area contributed by atoms with E-state index in [2.05, 4.69) is 10.3 Å². The molecule has 0 unspecified atom stereocenters. The van der Waals surface area contributed by atoms with E-state index in [1.807, 2.05) is 46.4 Å². The van der Waals surface area contributed by atoms with Gasteiger partial charge in [0.1, 0.15) is 0 Å². The van der Waals surface area contributed by atoms with Gasteiger partial charge in [-0.15, -0.1) is 11.3 Å². The molecule has 0 spiro atoms. The van der Waals surface area contributed by atoms with Crippen LogP contribution in [0.15, 0.2) is 42.0 Å². The SMILES string of the molecule is O=C(Cc1cn2ccsc2n1)NCc1ccc(Cl)cc1. The van der Waals surface area contributed by atoms with E-state index in [1.54, 1.807) is 11.3 Å². The minimum atomic E-state index is -0.0364. The molecule has 102 valence electrons. The summed E-state index contributed by atoms with van der Waals surface area (Å²) in [5, 5.41) is 5.53. The molecule has 0 bridgehead atoms. The highest BCUT2D eigenvalue weighted by atomic mass is 35.5. The summed E-state index contributed by atoms with van der Waals surface area (Å²) >= 11 is 7.37. The van der Waals surface area contributed by atoms with Gasteiger partial charge >= 0.3 is 0 Å². The predicted octanol–water partition coefficient (Wildman–Crippen LogP) is 2.91. The largest absolute Gasteiger partial charge is 0.352 e. The van der Waals surface area contributed by atoms with E-state index in [0.717, 1.165) is 16.2 Å². The number of nitrogens with one attached hydrogen (secondary N) is 1. The fourth-order valence-corrected chi connectivity index (χ4v) is 2.74. The van der Waals surface area contributed by atoms with Gasteiger partial charge in [0.2, 0.25) is 5.91 Å². The molecule has 2 heterocycles. The molecule has 20 heavy (non-hydrogen) atoms. The van der Waals surface area contributed by atoms with Gasteiger partial charge in [-0.1, -0.05) is 23.7 Å². The Morgan fingerprint density at radius 2 is 2.15 bits per heavy atom. The lowest BCUT2D eigenvalue weighted by Crippen LogP contribution is -2.24. The van der Waals surface area contributed by atoms with Crippen LogP contribution >= 0.6 is 22.9 Å². The molecule has 0 atom stereocenters. The molecule has 2 aromatic heterocycles. The number of hydrogen-bond acceptors (Lipinski definition) is 3. The molecule has 0 fully saturated rings. The maximum absolute atomic E-state index is 11.9. The van der Waals surface area contributed by atoms with E-state index in [9.17, 15) is 4.79 Å². The quantitative estimate of drug-likeness (QED) is 0.805. The standard InChI is InChI=1S/C14H12ClN3OS/c15-11-3-1-10(2-4-11)8-16-13(19)7-12-9-18-5-6-20-14(18)17-12/h1-6,9H,7-8H2,(H,16,19). The van der Waals surface area contributed by atoms with Gasteiger partial charge in [0, 0.05) is 29.3 Å². The summed E-state index contributed by atoms with van der Waals surface area (Å²) in [7, 11) is 0. The molecule has 3 rings (SSSR count). The molecule has 0 radical (unpaired) electrons. The molecule has 1 aromatic carbocycles. The minimum absolute atomic E-state index is 0.0364. The number of imidazole rings is 1. The highest BCUT2D eigenvalue weighted by molar-refractivity contribution is 7.15. The van der Waals surface area contributed by atoms with Gasteiger partial charge in [-0.25, -0.2) is 4.98 Å². The van der Waals surface area contributed by atoms with Gasteiger partial charge in [0.05, 0.1) is 12.1 Å². The fraction of sp³-hybridized carbons (Fsp3) is 0.143. The lowest BCUT2D eigenvalue weighted by molar-refractivity contribution is -0.120. The summed E-state index contributed by atoms with van der Waals surface area (Å²) < 4.78 is 1.92. The Hall–Kier alpha value is -1.85. The number of carbonyl (C=O) groups is 1. The Bertz CT molecular complexity index is 704. The number of nitrogens with zero attached hydrogens (tertiary/aromatic N) is 2. The second kappa shape index (κ2) is 5.64. The van der Waals surface area contributed by atoms with E-state index in [4.69, 9.17) is 11.6 Å². The van der Waals surface area contributed by atoms with Crippen LogP contribution in [0.4, 0.5) is 0 Å². The van der Waals surface area contributed by atoms with E-state index in [1.165, 1.54) is 0 Å². The van der Waals surface area contributed by atoms with Crippen LogP contribution in [0.1, 0.15) is 11.3 Å². The molecule has 3 aromatic rings. The number of amides is 1. The molecule has 0 saturated heterocycles. The van der Waals surface area contributed by atoms with Crippen LogP contribution in [-0.2, 0) is 17.8 Å². The van der Waals surface area contributed by atoms with Crippen molar-refractivity contribution < 1.29 is 4.79 Å². The van der Waals surface area contributed by atoms with Crippen molar-refractivity contribution in [3.05, 3.63) is 58.3 Å². The van der Waals surface area contributed by atoms with Crippen LogP contribution in [0.3, 0.4) is 0 Å². The van der Waals surface area contributed by atoms with Crippen molar-refractivity contribution in [1.82, 2.24) is 14.7 Å². The number of carbonyl (C=O) groups excluding carboxylic acids is 1. The number of thiazole rings is 1. The van der Waals surface area contributed by atoms with E-state index in [0.29, 0.717) is 18.0 Å². The summed E-state index contributed by atoms with van der Waals surface area (Å²) in [5.41, 5.74) is 1.80. The Morgan fingerprint density at radius 1 is 1.35 bits per heavy atom. The van der Waals surface area contributed by atoms with Crippen LogP contribution < -0.4 is 5.32 Å². The third kappa shape index (κ3) is 3.00. The van der Waals surface area contributed by atoms with Gasteiger partial charge in [0.15, 0.2) is 4.96 Å². The van der Waals surface area contributed by atoms with E-state index in [-0.39, 0.29) is 5.91 Å². The first-order valence-electron chi connectivity index (χ1n) is 6.13. The Labute approximate surface area is 125 Å². The summed E-state index contributed by atoms with van der Waals surface area (Å²) in [6.07, 6.45) is 4.11. The first-order chi connectivity index (χ1) is 9.70. The van der Waals surface area contributed by atoms with E-state index < -0.39 is 0 Å². The van der Waals surface area contributed by atoms with Crippen molar-refractivity contribution in [3.8, 4) is 0 Å². The molecule has 1 amide bonds. The van der Waals surface area contributed by atoms with Gasteiger partial charge in [-0.3, -0.25) is 9.20 Å². The maximum Gasteiger partial charge on any atom is 0.226 e. The zero-order valence-electron chi connectivity index (χ0n) is 10.5. The molecule has 1 N–H and O–H groups in total. The monoisotopic (exact) mass is 305 g/mol. The lowest BCUT2D eigenvalue weighted by Gasteiger charge is -2.04. The highest BCUT2D eigenvalue weighted by Crippen LogP contribution is 2.12. The number of fused-ring (bicyclic) bond motifs is 1. The molecule has 0 aliphatic rings. The van der Waals surface area contributed by atoms with Crippen LogP contribution in [0.2, 0.25) is 5.02 Å². The van der Waals surface area contributed by atoms with Crippen LogP contribution in [0.5, 0.6) is 0 Å². The third-order valence-corrected chi connectivity index (χ3v) is 3.91. The second-order valence-corrected chi connectivity index (χ2v) is 5.71. The molecule has 0 aliphatic heterocycles. The smallest absolute Gasteiger partial charge is 0.226 e. The Morgan fingerprint density at radius 3 is 2.90 bits per heavy atom. The fourth-order valence-electron chi connectivity index (χ4n) is 1.89. The molecular formula is C14H12ClN3OS. The zero-order chi connectivity index (χ0) is 13.9. The number of rotatable bonds is 4. The average Bonchev–Trinajstić information content (AvgIpc) is 2.99. The Kier molecular flexibility index (Phi) is 3.71. The van der Waals surface area contributed by atoms with Crippen molar-refractivity contribution >= 4 is 33.8 Å². The summed E-state index contributed by atoms with van der Waals surface area (Å²) in [4.78, 5) is 17.2. The first kappa shape index (κ1) is 13.1. The molecule has 0 saturated carbocycles. The van der Waals surface area contributed by atoms with Crippen molar-refractivity contribution in [2.75, 3.05) is 0 Å². The van der Waals surface area contributed by atoms with Crippen molar-refractivity contribution in [2.24, 2.45) is 0 Å². The van der Waals surface area contributed by atoms with E-state index >= 15 is 0 Å². The predicted molar refractivity (Wildman–Crippen MR) is 80.1 cm³/mol. The van der Waals surface area contributed by atoms with Crippen molar-refractivity contribution in [3.63, 3.8) is 0 Å². The van der Waals surface area contributed by atoms with Gasteiger partial charge in [-0.05, 0) is 17.7 Å². The van der Waals surface area contributed by atoms with Gasteiger partial charge in [-0.2, -0.15) is 0 Å². The lowest BCUT2D eigenvalue weighted by atomic mass is 10.2. The number of benzene rings is 1. The molecular weight excluding hydrogens is 294 g/mol. The number of halogens is 1. The number of aromatic nitrogens is 2. The maximum atomic E-state index is 11.9. The summed E-state index contributed by atoms with van der Waals surface area (Å²) in [6, 6.07) is 7.42. The van der Waals surface area contributed by atoms with Crippen LogP contribution in [0, 0.1) is 0 Å². The molecule has 4 nitrogen and oxygen atoms in total. The van der Waals surface area contributed by atoms with Crippen LogP contribution in [0.25, 0.3) is 4.96 Å². The topological polar surface area (TPSA) is 46.4 Å². The summed E-state index contributed by atoms with van der Waals surface area (Å²) in [5.74, 6) is -0.0364. The normalized spacial score (nSPS) is 10.8. The van der Waals surface area contributed by atoms with Crippen LogP contribution in [-0.4, -0.2) is 15.3 Å². The van der Waals surface area contributed by atoms with Crippen molar-refractivity contribution in [1.29, 1.82) is 0 Å². The van der Waals surface area contributed by atoms with Gasteiger partial charge < -0.3 is 5.32 Å².